The number of hydrogen-bond donors (Lipinski definition) is 1. The van der Waals surface area contributed by atoms with E-state index in [-0.39, 0.29) is 6.04 Å². The van der Waals surface area contributed by atoms with Gasteiger partial charge >= 0.3 is 0 Å². The average Bonchev–Trinajstić information content (AvgIpc) is 2.55. The largest absolute Gasteiger partial charge is 0.497 e. The molecule has 1 aromatic rings. The van der Waals surface area contributed by atoms with Crippen molar-refractivity contribution in [1.29, 1.82) is 0 Å². The first kappa shape index (κ1) is 15.9. The Morgan fingerprint density at radius 1 is 1.19 bits per heavy atom. The van der Waals surface area contributed by atoms with E-state index in [1.807, 2.05) is 12.1 Å². The highest BCUT2D eigenvalue weighted by Crippen LogP contribution is 2.29. The molecule has 1 aromatic carbocycles. The molecule has 0 bridgehead atoms. The molecule has 0 saturated carbocycles. The van der Waals surface area contributed by atoms with Crippen molar-refractivity contribution in [2.45, 2.75) is 45.1 Å². The van der Waals surface area contributed by atoms with Gasteiger partial charge in [0, 0.05) is 17.7 Å². The zero-order chi connectivity index (χ0) is 15.1. The van der Waals surface area contributed by atoms with Crippen molar-refractivity contribution in [3.63, 3.8) is 0 Å². The lowest BCUT2D eigenvalue weighted by Gasteiger charge is -2.19. The van der Waals surface area contributed by atoms with Crippen molar-refractivity contribution in [2.24, 2.45) is 0 Å². The third kappa shape index (κ3) is 4.50. The third-order valence-electron chi connectivity index (χ3n) is 4.19. The summed E-state index contributed by atoms with van der Waals surface area (Å²) in [5.74, 6) is 1.71. The summed E-state index contributed by atoms with van der Waals surface area (Å²) in [6.07, 6.45) is 8.83. The maximum atomic E-state index is 5.47. The Balaban J connectivity index is 1.90. The molecule has 0 fully saturated rings. The summed E-state index contributed by atoms with van der Waals surface area (Å²) in [7, 11) is 3.38. The van der Waals surface area contributed by atoms with Crippen LogP contribution in [0.15, 0.2) is 29.8 Å². The topological polar surface area (TPSA) is 30.5 Å². The first-order valence-electron chi connectivity index (χ1n) is 7.88. The lowest BCUT2D eigenvalue weighted by Crippen LogP contribution is -2.21. The van der Waals surface area contributed by atoms with Gasteiger partial charge in [0.2, 0.25) is 0 Å². The summed E-state index contributed by atoms with van der Waals surface area (Å²) >= 11 is 0. The summed E-state index contributed by atoms with van der Waals surface area (Å²) < 4.78 is 10.7. The highest BCUT2D eigenvalue weighted by Gasteiger charge is 2.12. The Hall–Kier alpha value is -1.48. The van der Waals surface area contributed by atoms with Crippen molar-refractivity contribution < 1.29 is 9.47 Å². The van der Waals surface area contributed by atoms with E-state index in [9.17, 15) is 0 Å². The van der Waals surface area contributed by atoms with Crippen LogP contribution in [0.3, 0.4) is 0 Å². The van der Waals surface area contributed by atoms with Gasteiger partial charge in [0.1, 0.15) is 11.5 Å². The van der Waals surface area contributed by atoms with Crippen LogP contribution in [0.5, 0.6) is 11.5 Å². The maximum Gasteiger partial charge on any atom is 0.127 e. The van der Waals surface area contributed by atoms with Crippen LogP contribution in [-0.4, -0.2) is 20.8 Å². The molecule has 0 heterocycles. The lowest BCUT2D eigenvalue weighted by molar-refractivity contribution is 0.386. The van der Waals surface area contributed by atoms with Gasteiger partial charge in [-0.1, -0.05) is 17.7 Å². The number of benzene rings is 1. The van der Waals surface area contributed by atoms with Crippen molar-refractivity contribution >= 4 is 0 Å². The van der Waals surface area contributed by atoms with Crippen molar-refractivity contribution in [3.8, 4) is 11.5 Å². The lowest BCUT2D eigenvalue weighted by atomic mass is 9.97. The predicted molar refractivity (Wildman–Crippen MR) is 87.1 cm³/mol. The molecule has 0 aliphatic heterocycles. The van der Waals surface area contributed by atoms with E-state index < -0.39 is 0 Å². The number of rotatable bonds is 7. The van der Waals surface area contributed by atoms with Gasteiger partial charge in [-0.15, -0.1) is 0 Å². The first-order valence-corrected chi connectivity index (χ1v) is 7.88. The van der Waals surface area contributed by atoms with Gasteiger partial charge in [-0.25, -0.2) is 0 Å². The molecule has 21 heavy (non-hydrogen) atoms. The molecule has 0 saturated heterocycles. The van der Waals surface area contributed by atoms with E-state index in [1.165, 1.54) is 31.2 Å². The van der Waals surface area contributed by atoms with Crippen LogP contribution in [0.25, 0.3) is 0 Å². The highest BCUT2D eigenvalue weighted by atomic mass is 16.5. The number of ether oxygens (including phenoxy) is 2. The fourth-order valence-corrected chi connectivity index (χ4v) is 2.87. The fourth-order valence-electron chi connectivity index (χ4n) is 2.87. The van der Waals surface area contributed by atoms with Crippen molar-refractivity contribution in [3.05, 3.63) is 35.4 Å². The second-order valence-corrected chi connectivity index (χ2v) is 5.64. The monoisotopic (exact) mass is 289 g/mol. The molecule has 0 spiro atoms. The van der Waals surface area contributed by atoms with Gasteiger partial charge in [-0.05, 0) is 51.6 Å². The van der Waals surface area contributed by atoms with E-state index in [4.69, 9.17) is 9.47 Å². The van der Waals surface area contributed by atoms with Crippen LogP contribution in [0, 0.1) is 0 Å². The third-order valence-corrected chi connectivity index (χ3v) is 4.19. The summed E-state index contributed by atoms with van der Waals surface area (Å²) in [5.41, 5.74) is 2.79. The molecule has 1 atom stereocenters. The van der Waals surface area contributed by atoms with Crippen molar-refractivity contribution in [1.82, 2.24) is 5.32 Å². The molecular formula is C18H27NO2. The van der Waals surface area contributed by atoms with Gasteiger partial charge in [0.25, 0.3) is 0 Å². The number of methoxy groups -OCH3 is 2. The fraction of sp³-hybridized carbons (Fsp3) is 0.556. The highest BCUT2D eigenvalue weighted by molar-refractivity contribution is 5.42. The van der Waals surface area contributed by atoms with Gasteiger partial charge in [0.15, 0.2) is 0 Å². The minimum Gasteiger partial charge on any atom is -0.497 e. The van der Waals surface area contributed by atoms with E-state index in [0.29, 0.717) is 0 Å². The molecule has 1 aliphatic carbocycles. The number of allylic oxidation sites excluding steroid dienone is 1. The second kappa shape index (κ2) is 8.08. The number of nitrogens with one attached hydrogen (secondary N) is 1. The number of hydrogen-bond acceptors (Lipinski definition) is 3. The van der Waals surface area contributed by atoms with Crippen LogP contribution in [0.1, 0.15) is 50.6 Å². The van der Waals surface area contributed by atoms with Gasteiger partial charge in [-0.2, -0.15) is 0 Å². The minimum absolute atomic E-state index is 0.273. The normalized spacial score (nSPS) is 16.2. The molecule has 0 aromatic heterocycles. The molecule has 0 radical (unpaired) electrons. The van der Waals surface area contributed by atoms with E-state index in [2.05, 4.69) is 24.4 Å². The van der Waals surface area contributed by atoms with Crippen molar-refractivity contribution in [2.75, 3.05) is 20.8 Å². The molecular weight excluding hydrogens is 262 g/mol. The van der Waals surface area contributed by atoms with E-state index in [0.717, 1.165) is 24.5 Å². The Labute approximate surface area is 128 Å². The molecule has 3 nitrogen and oxygen atoms in total. The van der Waals surface area contributed by atoms with Crippen LogP contribution < -0.4 is 14.8 Å². The first-order chi connectivity index (χ1) is 10.2. The van der Waals surface area contributed by atoms with E-state index >= 15 is 0 Å². The Morgan fingerprint density at radius 3 is 2.71 bits per heavy atom. The van der Waals surface area contributed by atoms with E-state index in [1.54, 1.807) is 19.8 Å². The zero-order valence-electron chi connectivity index (χ0n) is 13.4. The standard InChI is InChI=1S/C18H27NO2/c1-14(19-12-11-15-7-5-4-6-8-15)17-10-9-16(20-2)13-18(17)21-3/h7,9-10,13-14,19H,4-6,8,11-12H2,1-3H3. The van der Waals surface area contributed by atoms with Gasteiger partial charge in [-0.3, -0.25) is 0 Å². The van der Waals surface area contributed by atoms with Crippen LogP contribution in [0.2, 0.25) is 0 Å². The van der Waals surface area contributed by atoms with Gasteiger partial charge < -0.3 is 14.8 Å². The summed E-state index contributed by atoms with van der Waals surface area (Å²) in [6, 6.07) is 6.28. The Bertz CT molecular complexity index is 482. The summed E-state index contributed by atoms with van der Waals surface area (Å²) in [5, 5.41) is 3.60. The Kier molecular flexibility index (Phi) is 6.12. The molecule has 116 valence electrons. The quantitative estimate of drug-likeness (QED) is 0.761. The summed E-state index contributed by atoms with van der Waals surface area (Å²) in [4.78, 5) is 0. The van der Waals surface area contributed by atoms with Crippen LogP contribution >= 0.6 is 0 Å². The maximum absolute atomic E-state index is 5.47. The average molecular weight is 289 g/mol. The summed E-state index contributed by atoms with van der Waals surface area (Å²) in [6.45, 7) is 3.20. The van der Waals surface area contributed by atoms with Crippen LogP contribution in [0.4, 0.5) is 0 Å². The molecule has 1 N–H and O–H groups in total. The second-order valence-electron chi connectivity index (χ2n) is 5.64. The molecule has 0 amide bonds. The predicted octanol–water partition coefficient (Wildman–Crippen LogP) is 4.24. The minimum atomic E-state index is 0.273. The zero-order valence-corrected chi connectivity index (χ0v) is 13.4. The molecule has 1 aliphatic rings. The smallest absolute Gasteiger partial charge is 0.127 e. The molecule has 1 unspecified atom stereocenters. The van der Waals surface area contributed by atoms with Crippen LogP contribution in [-0.2, 0) is 0 Å². The SMILES string of the molecule is COc1ccc(C(C)NCCC2=CCCCC2)c(OC)c1. The Morgan fingerprint density at radius 2 is 2.05 bits per heavy atom. The molecule has 2 rings (SSSR count). The van der Waals surface area contributed by atoms with Gasteiger partial charge in [0.05, 0.1) is 14.2 Å². The molecule has 3 heteroatoms.